The molecule has 94 valence electrons. The molecule has 0 spiro atoms. The van der Waals surface area contributed by atoms with Gasteiger partial charge < -0.3 is 15.2 Å². The fourth-order valence-electron chi connectivity index (χ4n) is 2.12. The minimum Gasteiger partial charge on any atom is -0.504 e. The number of nitrogens with one attached hydrogen (secondary N) is 1. The van der Waals surface area contributed by atoms with Crippen LogP contribution in [-0.2, 0) is 0 Å². The number of phenols is 1. The molecule has 3 nitrogen and oxygen atoms in total. The van der Waals surface area contributed by atoms with Gasteiger partial charge in [0.1, 0.15) is 0 Å². The van der Waals surface area contributed by atoms with E-state index in [1.165, 1.54) is 19.3 Å². The Labute approximate surface area is 103 Å². The minimum absolute atomic E-state index is 0.197. The topological polar surface area (TPSA) is 41.5 Å². The Balaban J connectivity index is 1.95. The van der Waals surface area contributed by atoms with Crippen LogP contribution < -0.4 is 10.1 Å². The molecule has 0 bridgehead atoms. The lowest BCUT2D eigenvalue weighted by molar-refractivity contribution is 0.292. The van der Waals surface area contributed by atoms with Crippen molar-refractivity contribution >= 4 is 0 Å². The van der Waals surface area contributed by atoms with Crippen LogP contribution >= 0.6 is 0 Å². The van der Waals surface area contributed by atoms with E-state index in [1.54, 1.807) is 13.2 Å². The van der Waals surface area contributed by atoms with Gasteiger partial charge in [0.05, 0.1) is 7.11 Å². The molecule has 1 unspecified atom stereocenters. The van der Waals surface area contributed by atoms with Crippen LogP contribution in [0.15, 0.2) is 18.2 Å². The van der Waals surface area contributed by atoms with Crippen molar-refractivity contribution in [3.8, 4) is 11.5 Å². The molecule has 1 aromatic carbocycles. The van der Waals surface area contributed by atoms with E-state index in [2.05, 4.69) is 12.2 Å². The van der Waals surface area contributed by atoms with Gasteiger partial charge in [0.2, 0.25) is 0 Å². The van der Waals surface area contributed by atoms with Crippen LogP contribution in [0, 0.1) is 5.92 Å². The maximum atomic E-state index is 9.54. The SMILES string of the molecule is COc1cc(C(C)NCC2CCC2)ccc1O. The van der Waals surface area contributed by atoms with E-state index in [9.17, 15) is 5.11 Å². The average Bonchev–Trinajstić information content (AvgIpc) is 2.27. The first-order chi connectivity index (χ1) is 8.20. The van der Waals surface area contributed by atoms with E-state index in [4.69, 9.17) is 4.74 Å². The summed E-state index contributed by atoms with van der Waals surface area (Å²) in [4.78, 5) is 0. The van der Waals surface area contributed by atoms with E-state index in [0.717, 1.165) is 18.0 Å². The predicted octanol–water partition coefficient (Wildman–Crippen LogP) is 2.85. The van der Waals surface area contributed by atoms with Gasteiger partial charge in [0, 0.05) is 6.04 Å². The van der Waals surface area contributed by atoms with Crippen molar-refractivity contribution in [1.82, 2.24) is 5.32 Å². The van der Waals surface area contributed by atoms with E-state index in [0.29, 0.717) is 11.8 Å². The Hall–Kier alpha value is -1.22. The lowest BCUT2D eigenvalue weighted by atomic mass is 9.85. The second-order valence-corrected chi connectivity index (χ2v) is 4.86. The molecule has 0 saturated heterocycles. The van der Waals surface area contributed by atoms with Gasteiger partial charge in [0.25, 0.3) is 0 Å². The monoisotopic (exact) mass is 235 g/mol. The summed E-state index contributed by atoms with van der Waals surface area (Å²) in [5, 5.41) is 13.1. The second kappa shape index (κ2) is 5.41. The lowest BCUT2D eigenvalue weighted by Gasteiger charge is -2.27. The molecule has 0 radical (unpaired) electrons. The molecule has 2 N–H and O–H groups in total. The Bertz CT molecular complexity index is 374. The van der Waals surface area contributed by atoms with Gasteiger partial charge in [-0.05, 0) is 49.9 Å². The summed E-state index contributed by atoms with van der Waals surface area (Å²) >= 11 is 0. The molecule has 2 rings (SSSR count). The van der Waals surface area contributed by atoms with Crippen molar-refractivity contribution < 1.29 is 9.84 Å². The van der Waals surface area contributed by atoms with Crippen LogP contribution in [0.5, 0.6) is 11.5 Å². The van der Waals surface area contributed by atoms with Gasteiger partial charge in [-0.1, -0.05) is 12.5 Å². The Morgan fingerprint density at radius 1 is 1.47 bits per heavy atom. The predicted molar refractivity (Wildman–Crippen MR) is 68.4 cm³/mol. The number of rotatable bonds is 5. The highest BCUT2D eigenvalue weighted by Gasteiger charge is 2.18. The van der Waals surface area contributed by atoms with Crippen LogP contribution in [0.25, 0.3) is 0 Å². The molecule has 1 atom stereocenters. The van der Waals surface area contributed by atoms with Crippen molar-refractivity contribution in [3.63, 3.8) is 0 Å². The third-order valence-corrected chi connectivity index (χ3v) is 3.64. The number of benzene rings is 1. The Morgan fingerprint density at radius 3 is 2.82 bits per heavy atom. The average molecular weight is 235 g/mol. The van der Waals surface area contributed by atoms with E-state index >= 15 is 0 Å². The van der Waals surface area contributed by atoms with Gasteiger partial charge in [-0.25, -0.2) is 0 Å². The molecular formula is C14H21NO2. The van der Waals surface area contributed by atoms with Crippen molar-refractivity contribution in [2.24, 2.45) is 5.92 Å². The number of hydrogen-bond acceptors (Lipinski definition) is 3. The Morgan fingerprint density at radius 2 is 2.24 bits per heavy atom. The maximum absolute atomic E-state index is 9.54. The summed E-state index contributed by atoms with van der Waals surface area (Å²) in [5.41, 5.74) is 1.15. The van der Waals surface area contributed by atoms with E-state index < -0.39 is 0 Å². The quantitative estimate of drug-likeness (QED) is 0.824. The van der Waals surface area contributed by atoms with Gasteiger partial charge in [-0.3, -0.25) is 0 Å². The summed E-state index contributed by atoms with van der Waals surface area (Å²) in [7, 11) is 1.57. The van der Waals surface area contributed by atoms with Crippen molar-refractivity contribution in [3.05, 3.63) is 23.8 Å². The molecule has 1 aliphatic carbocycles. The molecule has 1 saturated carbocycles. The fraction of sp³-hybridized carbons (Fsp3) is 0.571. The van der Waals surface area contributed by atoms with Gasteiger partial charge in [-0.15, -0.1) is 0 Å². The van der Waals surface area contributed by atoms with Crippen molar-refractivity contribution in [2.45, 2.75) is 32.2 Å². The molecule has 0 aromatic heterocycles. The summed E-state index contributed by atoms with van der Waals surface area (Å²) in [5.74, 6) is 1.60. The van der Waals surface area contributed by atoms with E-state index in [1.807, 2.05) is 12.1 Å². The molecule has 1 aliphatic rings. The van der Waals surface area contributed by atoms with Gasteiger partial charge in [-0.2, -0.15) is 0 Å². The zero-order chi connectivity index (χ0) is 12.3. The number of hydrogen-bond donors (Lipinski definition) is 2. The van der Waals surface area contributed by atoms with Gasteiger partial charge >= 0.3 is 0 Å². The van der Waals surface area contributed by atoms with E-state index in [-0.39, 0.29) is 5.75 Å². The lowest BCUT2D eigenvalue weighted by Crippen LogP contribution is -2.29. The number of aromatic hydroxyl groups is 1. The molecule has 0 amide bonds. The first kappa shape index (κ1) is 12.2. The van der Waals surface area contributed by atoms with Crippen molar-refractivity contribution in [1.29, 1.82) is 0 Å². The summed E-state index contributed by atoms with van der Waals surface area (Å²) in [6.45, 7) is 3.23. The zero-order valence-electron chi connectivity index (χ0n) is 10.6. The molecule has 17 heavy (non-hydrogen) atoms. The summed E-state index contributed by atoms with van der Waals surface area (Å²) < 4.78 is 5.12. The molecule has 3 heteroatoms. The van der Waals surface area contributed by atoms with Crippen LogP contribution in [-0.4, -0.2) is 18.8 Å². The molecule has 0 aliphatic heterocycles. The normalized spacial score (nSPS) is 17.5. The third kappa shape index (κ3) is 2.91. The molecular weight excluding hydrogens is 214 g/mol. The number of phenolic OH excluding ortho intramolecular Hbond substituents is 1. The number of methoxy groups -OCH3 is 1. The highest BCUT2D eigenvalue weighted by Crippen LogP contribution is 2.30. The molecule has 1 aromatic rings. The van der Waals surface area contributed by atoms with Gasteiger partial charge in [0.15, 0.2) is 11.5 Å². The highest BCUT2D eigenvalue weighted by atomic mass is 16.5. The smallest absolute Gasteiger partial charge is 0.160 e. The first-order valence-electron chi connectivity index (χ1n) is 6.31. The number of ether oxygens (including phenoxy) is 1. The largest absolute Gasteiger partial charge is 0.504 e. The zero-order valence-corrected chi connectivity index (χ0v) is 10.6. The third-order valence-electron chi connectivity index (χ3n) is 3.64. The minimum atomic E-state index is 0.197. The van der Waals surface area contributed by atoms with Crippen LogP contribution in [0.3, 0.4) is 0 Å². The Kier molecular flexibility index (Phi) is 3.89. The summed E-state index contributed by atoms with van der Waals surface area (Å²) in [6.07, 6.45) is 4.10. The standard InChI is InChI=1S/C14H21NO2/c1-10(15-9-11-4-3-5-11)12-6-7-13(16)14(8-12)17-2/h6-8,10-11,15-16H,3-5,9H2,1-2H3. The second-order valence-electron chi connectivity index (χ2n) is 4.86. The maximum Gasteiger partial charge on any atom is 0.160 e. The highest BCUT2D eigenvalue weighted by molar-refractivity contribution is 5.42. The molecule has 0 heterocycles. The van der Waals surface area contributed by atoms with Crippen LogP contribution in [0.2, 0.25) is 0 Å². The van der Waals surface area contributed by atoms with Crippen molar-refractivity contribution in [2.75, 3.05) is 13.7 Å². The van der Waals surface area contributed by atoms with Crippen LogP contribution in [0.4, 0.5) is 0 Å². The molecule has 1 fully saturated rings. The fourth-order valence-corrected chi connectivity index (χ4v) is 2.12. The summed E-state index contributed by atoms with van der Waals surface area (Å²) in [6, 6.07) is 5.82. The van der Waals surface area contributed by atoms with Crippen LogP contribution in [0.1, 0.15) is 37.8 Å². The first-order valence-corrected chi connectivity index (χ1v) is 6.31.